The second-order valence-corrected chi connectivity index (χ2v) is 6.25. The van der Waals surface area contributed by atoms with Crippen molar-refractivity contribution in [3.8, 4) is 0 Å². The Bertz CT molecular complexity index is 592. The maximum Gasteiger partial charge on any atom is 0.347 e. The highest BCUT2D eigenvalue weighted by Gasteiger charge is 2.23. The first-order valence-electron chi connectivity index (χ1n) is 7.69. The van der Waals surface area contributed by atoms with Gasteiger partial charge in [-0.05, 0) is 32.1 Å². The number of hydrogen-bond acceptors (Lipinski definition) is 3. The third-order valence-electron chi connectivity index (χ3n) is 4.81. The van der Waals surface area contributed by atoms with Gasteiger partial charge in [-0.15, -0.1) is 0 Å². The van der Waals surface area contributed by atoms with Crippen molar-refractivity contribution in [2.24, 2.45) is 11.8 Å². The van der Waals surface area contributed by atoms with Crippen molar-refractivity contribution in [3.05, 3.63) is 27.4 Å². The van der Waals surface area contributed by atoms with Gasteiger partial charge in [-0.2, -0.15) is 4.98 Å². The van der Waals surface area contributed by atoms with Crippen LogP contribution in [0.25, 0.3) is 0 Å². The minimum atomic E-state index is -0.890. The van der Waals surface area contributed by atoms with Crippen molar-refractivity contribution in [1.82, 2.24) is 9.55 Å². The second kappa shape index (κ2) is 6.41. The Hall–Kier alpha value is -1.65. The summed E-state index contributed by atoms with van der Waals surface area (Å²) in [6, 6.07) is 0. The molecule has 0 spiro atoms. The van der Waals surface area contributed by atoms with Crippen LogP contribution in [-0.4, -0.2) is 20.6 Å². The Morgan fingerprint density at radius 3 is 2.62 bits per heavy atom. The van der Waals surface area contributed by atoms with Crippen LogP contribution in [0.3, 0.4) is 0 Å². The molecule has 2 unspecified atom stereocenters. The summed E-state index contributed by atoms with van der Waals surface area (Å²) in [6.07, 6.45) is 4.74. The number of rotatable bonds is 4. The van der Waals surface area contributed by atoms with E-state index in [1.807, 2.05) is 6.92 Å². The maximum absolute atomic E-state index is 12.2. The van der Waals surface area contributed by atoms with Crippen LogP contribution < -0.4 is 5.69 Å². The average molecular weight is 292 g/mol. The molecule has 0 amide bonds. The summed E-state index contributed by atoms with van der Waals surface area (Å²) in [5, 5.41) is 9.02. The molecule has 0 saturated heterocycles. The molecule has 0 bridgehead atoms. The number of hydrogen-bond donors (Lipinski definition) is 1. The quantitative estimate of drug-likeness (QED) is 0.924. The van der Waals surface area contributed by atoms with Gasteiger partial charge in [0, 0.05) is 23.5 Å². The summed E-state index contributed by atoms with van der Waals surface area (Å²) < 4.78 is 1.68. The van der Waals surface area contributed by atoms with Gasteiger partial charge in [0.05, 0.1) is 6.42 Å². The van der Waals surface area contributed by atoms with E-state index in [0.29, 0.717) is 29.6 Å². The molecule has 2 atom stereocenters. The summed E-state index contributed by atoms with van der Waals surface area (Å²) >= 11 is 0. The van der Waals surface area contributed by atoms with Gasteiger partial charge in [-0.1, -0.05) is 26.2 Å². The molecule has 5 nitrogen and oxygen atoms in total. The Kier molecular flexibility index (Phi) is 4.80. The molecule has 21 heavy (non-hydrogen) atoms. The van der Waals surface area contributed by atoms with Gasteiger partial charge >= 0.3 is 11.7 Å². The molecule has 1 aliphatic rings. The summed E-state index contributed by atoms with van der Waals surface area (Å²) in [4.78, 5) is 27.2. The number of carboxylic acids is 1. The van der Waals surface area contributed by atoms with Crippen LogP contribution in [0, 0.1) is 25.7 Å². The molecule has 5 heteroatoms. The van der Waals surface area contributed by atoms with E-state index in [1.54, 1.807) is 11.5 Å². The first-order valence-corrected chi connectivity index (χ1v) is 7.69. The standard InChI is InChI=1S/C16H24N2O3/c1-10-6-4-5-7-13(10)9-18-12(3)14(8-15(19)20)11(2)17-16(18)21/h10,13H,4-9H2,1-3H3,(H,19,20). The third-order valence-corrected chi connectivity index (χ3v) is 4.81. The molecule has 1 saturated carbocycles. The van der Waals surface area contributed by atoms with E-state index < -0.39 is 5.97 Å². The van der Waals surface area contributed by atoms with E-state index in [1.165, 1.54) is 19.3 Å². The molecule has 0 aliphatic heterocycles. The van der Waals surface area contributed by atoms with Gasteiger partial charge in [0.2, 0.25) is 0 Å². The Labute approximate surface area is 125 Å². The van der Waals surface area contributed by atoms with Crippen molar-refractivity contribution >= 4 is 5.97 Å². The van der Waals surface area contributed by atoms with E-state index in [9.17, 15) is 9.59 Å². The van der Waals surface area contributed by atoms with E-state index in [0.717, 1.165) is 12.1 Å². The highest BCUT2D eigenvalue weighted by atomic mass is 16.4. The van der Waals surface area contributed by atoms with Crippen molar-refractivity contribution in [3.63, 3.8) is 0 Å². The molecule has 1 aromatic heterocycles. The second-order valence-electron chi connectivity index (χ2n) is 6.25. The van der Waals surface area contributed by atoms with Crippen LogP contribution in [0.15, 0.2) is 4.79 Å². The molecule has 1 N–H and O–H groups in total. The van der Waals surface area contributed by atoms with E-state index in [-0.39, 0.29) is 12.1 Å². The predicted octanol–water partition coefficient (Wildman–Crippen LogP) is 2.31. The largest absolute Gasteiger partial charge is 0.481 e. The van der Waals surface area contributed by atoms with Gasteiger partial charge in [0.25, 0.3) is 0 Å². The first kappa shape index (κ1) is 15.7. The van der Waals surface area contributed by atoms with Gasteiger partial charge in [-0.3, -0.25) is 9.36 Å². The molecular formula is C16H24N2O3. The summed E-state index contributed by atoms with van der Waals surface area (Å²) in [5.74, 6) is 0.200. The summed E-state index contributed by atoms with van der Waals surface area (Å²) in [5.41, 5.74) is 1.71. The molecule has 1 heterocycles. The fourth-order valence-electron chi connectivity index (χ4n) is 3.36. The lowest BCUT2D eigenvalue weighted by Crippen LogP contribution is -2.33. The molecule has 1 aliphatic carbocycles. The zero-order valence-corrected chi connectivity index (χ0v) is 13.1. The lowest BCUT2D eigenvalue weighted by molar-refractivity contribution is -0.136. The predicted molar refractivity (Wildman–Crippen MR) is 80.4 cm³/mol. The third kappa shape index (κ3) is 3.52. The van der Waals surface area contributed by atoms with Gasteiger partial charge in [0.1, 0.15) is 0 Å². The average Bonchev–Trinajstić information content (AvgIpc) is 2.41. The number of carboxylic acid groups (broad SMARTS) is 1. The van der Waals surface area contributed by atoms with Crippen molar-refractivity contribution in [2.45, 2.75) is 59.4 Å². The zero-order chi connectivity index (χ0) is 15.6. The summed E-state index contributed by atoms with van der Waals surface area (Å²) in [7, 11) is 0. The fraction of sp³-hybridized carbons (Fsp3) is 0.688. The lowest BCUT2D eigenvalue weighted by atomic mass is 9.80. The van der Waals surface area contributed by atoms with Crippen LogP contribution in [0.4, 0.5) is 0 Å². The first-order chi connectivity index (χ1) is 9.90. The van der Waals surface area contributed by atoms with Crippen molar-refractivity contribution < 1.29 is 9.90 Å². The van der Waals surface area contributed by atoms with Crippen LogP contribution >= 0.6 is 0 Å². The number of aryl methyl sites for hydroxylation is 1. The number of aliphatic carboxylic acids is 1. The monoisotopic (exact) mass is 292 g/mol. The topological polar surface area (TPSA) is 72.2 Å². The fourth-order valence-corrected chi connectivity index (χ4v) is 3.36. The summed E-state index contributed by atoms with van der Waals surface area (Å²) in [6.45, 7) is 6.44. The molecule has 2 rings (SSSR count). The smallest absolute Gasteiger partial charge is 0.347 e. The number of nitrogens with zero attached hydrogens (tertiary/aromatic N) is 2. The van der Waals surface area contributed by atoms with E-state index >= 15 is 0 Å². The van der Waals surface area contributed by atoms with E-state index in [4.69, 9.17) is 5.11 Å². The van der Waals surface area contributed by atoms with Crippen LogP contribution in [0.2, 0.25) is 0 Å². The van der Waals surface area contributed by atoms with Crippen LogP contribution in [0.5, 0.6) is 0 Å². The van der Waals surface area contributed by atoms with Crippen LogP contribution in [0.1, 0.15) is 49.6 Å². The normalized spacial score (nSPS) is 22.2. The Balaban J connectivity index is 2.34. The van der Waals surface area contributed by atoms with Crippen molar-refractivity contribution in [2.75, 3.05) is 0 Å². The Morgan fingerprint density at radius 1 is 1.33 bits per heavy atom. The molecule has 0 aromatic carbocycles. The Morgan fingerprint density at radius 2 is 2.00 bits per heavy atom. The molecule has 116 valence electrons. The number of aromatic nitrogens is 2. The lowest BCUT2D eigenvalue weighted by Gasteiger charge is -2.30. The zero-order valence-electron chi connectivity index (χ0n) is 13.1. The highest BCUT2D eigenvalue weighted by Crippen LogP contribution is 2.30. The van der Waals surface area contributed by atoms with Gasteiger partial charge in [0.15, 0.2) is 0 Å². The highest BCUT2D eigenvalue weighted by molar-refractivity contribution is 5.70. The number of carbonyl (C=O) groups is 1. The molecular weight excluding hydrogens is 268 g/mol. The van der Waals surface area contributed by atoms with Gasteiger partial charge in [-0.25, -0.2) is 4.79 Å². The SMILES string of the molecule is Cc1nc(=O)n(CC2CCCCC2C)c(C)c1CC(=O)O. The van der Waals surface area contributed by atoms with Gasteiger partial charge < -0.3 is 5.11 Å². The minimum Gasteiger partial charge on any atom is -0.481 e. The minimum absolute atomic E-state index is 0.0782. The van der Waals surface area contributed by atoms with E-state index in [2.05, 4.69) is 11.9 Å². The molecule has 1 fully saturated rings. The maximum atomic E-state index is 12.2. The van der Waals surface area contributed by atoms with Crippen LogP contribution in [-0.2, 0) is 17.8 Å². The molecule has 1 aromatic rings. The molecule has 0 radical (unpaired) electrons. The van der Waals surface area contributed by atoms with Crippen molar-refractivity contribution in [1.29, 1.82) is 0 Å².